The lowest BCUT2D eigenvalue weighted by atomic mass is 9.97. The first kappa shape index (κ1) is 14.1. The van der Waals surface area contributed by atoms with Crippen LogP contribution in [0.5, 0.6) is 0 Å². The van der Waals surface area contributed by atoms with Crippen molar-refractivity contribution in [3.8, 4) is 0 Å². The molecule has 0 aliphatic carbocycles. The van der Waals surface area contributed by atoms with Crippen LogP contribution in [0.3, 0.4) is 0 Å². The van der Waals surface area contributed by atoms with Crippen LogP contribution in [0.2, 0.25) is 0 Å². The van der Waals surface area contributed by atoms with E-state index < -0.39 is 0 Å². The Labute approximate surface area is 108 Å². The first-order valence-corrected chi connectivity index (χ1v) is 7.31. The summed E-state index contributed by atoms with van der Waals surface area (Å²) in [5, 5.41) is 3.00. The third kappa shape index (κ3) is 3.77. The lowest BCUT2D eigenvalue weighted by Gasteiger charge is -2.17. The Bertz CT molecular complexity index is 378. The van der Waals surface area contributed by atoms with Gasteiger partial charge in [-0.05, 0) is 37.1 Å². The largest absolute Gasteiger partial charge is 0.325 e. The number of benzene rings is 1. The van der Waals surface area contributed by atoms with Crippen molar-refractivity contribution in [2.24, 2.45) is 0 Å². The number of para-hydroxylation sites is 1. The highest BCUT2D eigenvalue weighted by molar-refractivity contribution is 7.99. The van der Waals surface area contributed by atoms with Crippen molar-refractivity contribution in [1.29, 1.82) is 0 Å². The van der Waals surface area contributed by atoms with Crippen LogP contribution in [-0.2, 0) is 4.79 Å². The fourth-order valence-electron chi connectivity index (χ4n) is 1.60. The summed E-state index contributed by atoms with van der Waals surface area (Å²) >= 11 is 1.56. The highest BCUT2D eigenvalue weighted by Crippen LogP contribution is 2.26. The van der Waals surface area contributed by atoms with Gasteiger partial charge in [-0.3, -0.25) is 4.79 Å². The molecular formula is C14H21NOS. The van der Waals surface area contributed by atoms with Crippen molar-refractivity contribution in [2.45, 2.75) is 38.4 Å². The van der Waals surface area contributed by atoms with E-state index in [0.717, 1.165) is 12.1 Å². The van der Waals surface area contributed by atoms with Crippen LogP contribution < -0.4 is 5.32 Å². The third-order valence-electron chi connectivity index (χ3n) is 3.08. The van der Waals surface area contributed by atoms with Crippen LogP contribution in [0.1, 0.15) is 38.7 Å². The predicted octanol–water partition coefficient (Wildman–Crippen LogP) is 3.89. The molecule has 0 heterocycles. The van der Waals surface area contributed by atoms with Crippen molar-refractivity contribution < 1.29 is 4.79 Å². The van der Waals surface area contributed by atoms with Gasteiger partial charge in [0, 0.05) is 5.69 Å². The summed E-state index contributed by atoms with van der Waals surface area (Å²) in [5.74, 6) is 0.546. The predicted molar refractivity (Wildman–Crippen MR) is 76.8 cm³/mol. The van der Waals surface area contributed by atoms with Crippen LogP contribution in [0.4, 0.5) is 5.69 Å². The Hall–Kier alpha value is -0.960. The number of hydrogen-bond acceptors (Lipinski definition) is 2. The van der Waals surface area contributed by atoms with Gasteiger partial charge in [0.2, 0.25) is 5.91 Å². The first-order valence-electron chi connectivity index (χ1n) is 6.02. The summed E-state index contributed by atoms with van der Waals surface area (Å²) in [6.45, 7) is 6.27. The summed E-state index contributed by atoms with van der Waals surface area (Å²) in [6.07, 6.45) is 3.02. The normalized spacial score (nSPS) is 14.1. The van der Waals surface area contributed by atoms with Crippen LogP contribution in [-0.4, -0.2) is 17.4 Å². The molecule has 0 aliphatic heterocycles. The van der Waals surface area contributed by atoms with Crippen molar-refractivity contribution in [1.82, 2.24) is 0 Å². The van der Waals surface area contributed by atoms with Crippen LogP contribution in [0.15, 0.2) is 24.3 Å². The molecule has 0 fully saturated rings. The molecule has 1 N–H and O–H groups in total. The smallest absolute Gasteiger partial charge is 0.237 e. The molecular weight excluding hydrogens is 230 g/mol. The van der Waals surface area contributed by atoms with Gasteiger partial charge in [-0.25, -0.2) is 0 Å². The van der Waals surface area contributed by atoms with Gasteiger partial charge < -0.3 is 5.32 Å². The maximum absolute atomic E-state index is 11.9. The fraction of sp³-hybridized carbons (Fsp3) is 0.500. The van der Waals surface area contributed by atoms with Crippen molar-refractivity contribution in [3.63, 3.8) is 0 Å². The Balaban J connectivity index is 2.87. The maximum atomic E-state index is 11.9. The van der Waals surface area contributed by atoms with E-state index in [4.69, 9.17) is 0 Å². The molecule has 1 aromatic carbocycles. The zero-order chi connectivity index (χ0) is 12.8. The third-order valence-corrected chi connectivity index (χ3v) is 4.01. The monoisotopic (exact) mass is 251 g/mol. The number of thioether (sulfide) groups is 1. The Morgan fingerprint density at radius 3 is 2.59 bits per heavy atom. The molecule has 1 rings (SSSR count). The molecule has 0 aromatic heterocycles. The van der Waals surface area contributed by atoms with E-state index in [2.05, 4.69) is 25.2 Å². The molecule has 94 valence electrons. The number of rotatable bonds is 5. The molecule has 0 aliphatic rings. The molecule has 0 radical (unpaired) electrons. The van der Waals surface area contributed by atoms with E-state index in [1.807, 2.05) is 31.4 Å². The average molecular weight is 251 g/mol. The van der Waals surface area contributed by atoms with Crippen LogP contribution >= 0.6 is 11.8 Å². The minimum absolute atomic E-state index is 0.0139. The van der Waals surface area contributed by atoms with Crippen molar-refractivity contribution in [3.05, 3.63) is 29.8 Å². The van der Waals surface area contributed by atoms with Gasteiger partial charge in [0.25, 0.3) is 0 Å². The lowest BCUT2D eigenvalue weighted by molar-refractivity contribution is -0.115. The average Bonchev–Trinajstić information content (AvgIpc) is 2.37. The molecule has 1 aromatic rings. The second kappa shape index (κ2) is 6.70. The summed E-state index contributed by atoms with van der Waals surface area (Å²) in [6, 6.07) is 8.06. The second-order valence-corrected chi connectivity index (χ2v) is 5.44. The van der Waals surface area contributed by atoms with Gasteiger partial charge in [0.15, 0.2) is 0 Å². The minimum atomic E-state index is -0.0139. The minimum Gasteiger partial charge on any atom is -0.325 e. The topological polar surface area (TPSA) is 29.1 Å². The van der Waals surface area contributed by atoms with Gasteiger partial charge >= 0.3 is 0 Å². The fourth-order valence-corrected chi connectivity index (χ4v) is 1.87. The standard InChI is InChI=1S/C14H21NOS/c1-5-10(2)12-8-6-7-9-13(12)15-14(16)11(3)17-4/h6-11H,5H2,1-4H3,(H,15,16)/t10-,11+/m1/s1. The van der Waals surface area contributed by atoms with E-state index in [9.17, 15) is 4.79 Å². The molecule has 3 heteroatoms. The zero-order valence-corrected chi connectivity index (χ0v) is 11.8. The molecule has 0 saturated carbocycles. The summed E-state index contributed by atoms with van der Waals surface area (Å²) in [7, 11) is 0. The molecule has 0 saturated heterocycles. The number of nitrogens with one attached hydrogen (secondary N) is 1. The van der Waals surface area contributed by atoms with E-state index in [-0.39, 0.29) is 11.2 Å². The molecule has 0 bridgehead atoms. The van der Waals surface area contributed by atoms with E-state index >= 15 is 0 Å². The number of hydrogen-bond donors (Lipinski definition) is 1. The van der Waals surface area contributed by atoms with Gasteiger partial charge in [0.1, 0.15) is 0 Å². The number of carbonyl (C=O) groups excluding carboxylic acids is 1. The van der Waals surface area contributed by atoms with Gasteiger partial charge in [-0.2, -0.15) is 11.8 Å². The summed E-state index contributed by atoms with van der Waals surface area (Å²) < 4.78 is 0. The first-order chi connectivity index (χ1) is 8.10. The quantitative estimate of drug-likeness (QED) is 0.860. The Morgan fingerprint density at radius 1 is 1.35 bits per heavy atom. The van der Waals surface area contributed by atoms with E-state index in [1.54, 1.807) is 11.8 Å². The van der Waals surface area contributed by atoms with Crippen molar-refractivity contribution in [2.75, 3.05) is 11.6 Å². The second-order valence-electron chi connectivity index (χ2n) is 4.26. The number of amides is 1. The lowest BCUT2D eigenvalue weighted by Crippen LogP contribution is -2.23. The SMILES string of the molecule is CC[C@@H](C)c1ccccc1NC(=O)[C@H](C)SC. The van der Waals surface area contributed by atoms with Gasteiger partial charge in [-0.15, -0.1) is 0 Å². The number of carbonyl (C=O) groups is 1. The molecule has 17 heavy (non-hydrogen) atoms. The zero-order valence-electron chi connectivity index (χ0n) is 11.0. The highest BCUT2D eigenvalue weighted by Gasteiger charge is 2.14. The highest BCUT2D eigenvalue weighted by atomic mass is 32.2. The molecule has 2 nitrogen and oxygen atoms in total. The van der Waals surface area contributed by atoms with E-state index in [0.29, 0.717) is 5.92 Å². The summed E-state index contributed by atoms with van der Waals surface area (Å²) in [4.78, 5) is 11.9. The molecule has 0 unspecified atom stereocenters. The Morgan fingerprint density at radius 2 is 2.00 bits per heavy atom. The van der Waals surface area contributed by atoms with Gasteiger partial charge in [-0.1, -0.05) is 32.0 Å². The van der Waals surface area contributed by atoms with Crippen molar-refractivity contribution >= 4 is 23.4 Å². The van der Waals surface area contributed by atoms with E-state index in [1.165, 1.54) is 5.56 Å². The molecule has 2 atom stereocenters. The summed E-state index contributed by atoms with van der Waals surface area (Å²) in [5.41, 5.74) is 2.17. The Kier molecular flexibility index (Phi) is 5.56. The van der Waals surface area contributed by atoms with Gasteiger partial charge in [0.05, 0.1) is 5.25 Å². The number of anilines is 1. The van der Waals surface area contributed by atoms with Crippen LogP contribution in [0.25, 0.3) is 0 Å². The maximum Gasteiger partial charge on any atom is 0.237 e. The van der Waals surface area contributed by atoms with Crippen LogP contribution in [0, 0.1) is 0 Å². The molecule has 0 spiro atoms. The molecule has 1 amide bonds.